The van der Waals surface area contributed by atoms with Crippen molar-refractivity contribution in [3.63, 3.8) is 0 Å². The molecular weight excluding hydrogens is 242 g/mol. The molecule has 3 heteroatoms. The predicted molar refractivity (Wildman–Crippen MR) is 88.9 cm³/mol. The van der Waals surface area contributed by atoms with Crippen LogP contribution in [0.5, 0.6) is 0 Å². The molecule has 0 heterocycles. The standard InChI is InChI=1S/C17H20B2O/c1-13-3-7-15(8-4-13)16(11-18)12-20-19-17-9-5-14(2)6-10-17/h3,5-7,9-10,16,19H,11-12,18H2,1-2H3. The fourth-order valence-corrected chi connectivity index (χ4v) is 2.14. The van der Waals surface area contributed by atoms with Crippen LogP contribution in [0, 0.1) is 26.0 Å². The third kappa shape index (κ3) is 4.18. The lowest BCUT2D eigenvalue weighted by atomic mass is 9.84. The first-order chi connectivity index (χ1) is 9.69. The largest absolute Gasteiger partial charge is 0.434 e. The van der Waals surface area contributed by atoms with Gasteiger partial charge in [0.1, 0.15) is 7.85 Å². The first-order valence-electron chi connectivity index (χ1n) is 7.23. The summed E-state index contributed by atoms with van der Waals surface area (Å²) >= 11 is 0. The summed E-state index contributed by atoms with van der Waals surface area (Å²) in [5.41, 5.74) is 4.83. The molecule has 0 saturated carbocycles. The Kier molecular flexibility index (Phi) is 5.32. The molecule has 0 N–H and O–H groups in total. The summed E-state index contributed by atoms with van der Waals surface area (Å²) in [7, 11) is 2.86. The van der Waals surface area contributed by atoms with Crippen molar-refractivity contribution < 1.29 is 4.65 Å². The van der Waals surface area contributed by atoms with E-state index >= 15 is 0 Å². The minimum Gasteiger partial charge on any atom is -0.434 e. The third-order valence-electron chi connectivity index (χ3n) is 3.56. The van der Waals surface area contributed by atoms with Gasteiger partial charge in [-0.3, -0.25) is 0 Å². The summed E-state index contributed by atoms with van der Waals surface area (Å²) in [6.45, 7) is 4.87. The number of benzene rings is 1. The lowest BCUT2D eigenvalue weighted by Gasteiger charge is -2.14. The highest BCUT2D eigenvalue weighted by atomic mass is 16.4. The van der Waals surface area contributed by atoms with Gasteiger partial charge < -0.3 is 4.65 Å². The molecule has 0 spiro atoms. The van der Waals surface area contributed by atoms with E-state index in [-0.39, 0.29) is 0 Å². The van der Waals surface area contributed by atoms with Crippen molar-refractivity contribution >= 4 is 20.8 Å². The molecule has 0 bridgehead atoms. The normalized spacial score (nSPS) is 11.7. The molecule has 20 heavy (non-hydrogen) atoms. The zero-order valence-corrected chi connectivity index (χ0v) is 12.6. The van der Waals surface area contributed by atoms with Crippen LogP contribution < -0.4 is 5.46 Å². The van der Waals surface area contributed by atoms with Gasteiger partial charge in [-0.15, -0.1) is 0 Å². The van der Waals surface area contributed by atoms with Gasteiger partial charge in [0.15, 0.2) is 0 Å². The second-order valence-electron chi connectivity index (χ2n) is 5.33. The van der Waals surface area contributed by atoms with E-state index in [1.807, 2.05) is 6.92 Å². The predicted octanol–water partition coefficient (Wildman–Crippen LogP) is 1.73. The van der Waals surface area contributed by atoms with E-state index in [1.54, 1.807) is 0 Å². The highest BCUT2D eigenvalue weighted by Gasteiger charge is 2.09. The van der Waals surface area contributed by atoms with E-state index in [1.165, 1.54) is 16.6 Å². The number of aryl methyl sites for hydroxylation is 2. The van der Waals surface area contributed by atoms with Gasteiger partial charge in [-0.05, 0) is 31.5 Å². The molecule has 1 nitrogen and oxygen atoms in total. The maximum atomic E-state index is 5.86. The van der Waals surface area contributed by atoms with Gasteiger partial charge in [0.2, 0.25) is 0 Å². The van der Waals surface area contributed by atoms with Crippen LogP contribution in [-0.4, -0.2) is 21.9 Å². The third-order valence-corrected chi connectivity index (χ3v) is 3.56. The minimum atomic E-state index is 0.400. The van der Waals surface area contributed by atoms with Crippen LogP contribution in [0.4, 0.5) is 0 Å². The quantitative estimate of drug-likeness (QED) is 0.720. The molecule has 0 aromatic heterocycles. The Labute approximate surface area is 124 Å². The summed E-state index contributed by atoms with van der Waals surface area (Å²) in [5, 5.41) is 0. The van der Waals surface area contributed by atoms with Gasteiger partial charge in [0.05, 0.1) is 0 Å². The molecule has 0 saturated heterocycles. The zero-order chi connectivity index (χ0) is 14.4. The Morgan fingerprint density at radius 2 is 1.85 bits per heavy atom. The molecule has 2 aromatic rings. The van der Waals surface area contributed by atoms with Gasteiger partial charge in [-0.1, -0.05) is 53.7 Å². The highest BCUT2D eigenvalue weighted by molar-refractivity contribution is 6.46. The first kappa shape index (κ1) is 14.8. The fraction of sp³-hybridized carbons (Fsp3) is 0.294. The van der Waals surface area contributed by atoms with E-state index in [4.69, 9.17) is 4.65 Å². The summed E-state index contributed by atoms with van der Waals surface area (Å²) < 4.78 is 5.86. The maximum Gasteiger partial charge on any atom is 0.308 e. The van der Waals surface area contributed by atoms with Crippen LogP contribution in [0.1, 0.15) is 22.6 Å². The molecule has 2 aromatic carbocycles. The molecule has 0 radical (unpaired) electrons. The average Bonchev–Trinajstić information content (AvgIpc) is 2.47. The van der Waals surface area contributed by atoms with Crippen LogP contribution in [-0.2, 0) is 4.65 Å². The summed E-state index contributed by atoms with van der Waals surface area (Å²) in [6.07, 6.45) is 1.06. The summed E-state index contributed by atoms with van der Waals surface area (Å²) in [6, 6.07) is 19.1. The molecule has 1 unspecified atom stereocenters. The molecule has 0 aliphatic rings. The van der Waals surface area contributed by atoms with Gasteiger partial charge in [0, 0.05) is 18.1 Å². The van der Waals surface area contributed by atoms with Crippen molar-refractivity contribution in [1.82, 2.24) is 0 Å². The van der Waals surface area contributed by atoms with Gasteiger partial charge in [0.25, 0.3) is 0 Å². The van der Waals surface area contributed by atoms with Crippen LogP contribution in [0.15, 0.2) is 36.4 Å². The zero-order valence-electron chi connectivity index (χ0n) is 12.6. The Bertz CT molecular complexity index is 520. The summed E-state index contributed by atoms with van der Waals surface area (Å²) in [4.78, 5) is 0. The van der Waals surface area contributed by atoms with Gasteiger partial charge >= 0.3 is 7.48 Å². The van der Waals surface area contributed by atoms with Crippen LogP contribution >= 0.6 is 0 Å². The molecule has 0 aliphatic carbocycles. The van der Waals surface area contributed by atoms with E-state index in [2.05, 4.69) is 63.3 Å². The SMILES string of the molecule is BCC(COBc1ccc(C)cc1)c1c#cc(C)cc1. The van der Waals surface area contributed by atoms with E-state index in [0.717, 1.165) is 18.5 Å². The molecule has 0 fully saturated rings. The Morgan fingerprint density at radius 3 is 2.45 bits per heavy atom. The fourth-order valence-electron chi connectivity index (χ4n) is 2.14. The Hall–Kier alpha value is -1.65. The molecule has 0 amide bonds. The van der Waals surface area contributed by atoms with Crippen LogP contribution in [0.3, 0.4) is 0 Å². The number of hydrogen-bond donors (Lipinski definition) is 0. The lowest BCUT2D eigenvalue weighted by molar-refractivity contribution is 0.317. The second kappa shape index (κ2) is 7.22. The van der Waals surface area contributed by atoms with E-state index < -0.39 is 0 Å². The Morgan fingerprint density at radius 1 is 1.10 bits per heavy atom. The van der Waals surface area contributed by atoms with E-state index in [0.29, 0.717) is 13.4 Å². The van der Waals surface area contributed by atoms with Crippen molar-refractivity contribution in [3.05, 3.63) is 65.2 Å². The van der Waals surface area contributed by atoms with Crippen LogP contribution in [0.25, 0.3) is 0 Å². The molecular formula is C17H20B2O. The van der Waals surface area contributed by atoms with Crippen molar-refractivity contribution in [3.8, 4) is 0 Å². The maximum absolute atomic E-state index is 5.86. The van der Waals surface area contributed by atoms with Crippen molar-refractivity contribution in [1.29, 1.82) is 0 Å². The van der Waals surface area contributed by atoms with Crippen molar-refractivity contribution in [2.45, 2.75) is 26.1 Å². The number of rotatable bonds is 6. The van der Waals surface area contributed by atoms with E-state index in [9.17, 15) is 0 Å². The first-order valence-corrected chi connectivity index (χ1v) is 7.23. The smallest absolute Gasteiger partial charge is 0.308 e. The topological polar surface area (TPSA) is 9.23 Å². The van der Waals surface area contributed by atoms with Gasteiger partial charge in [-0.25, -0.2) is 0 Å². The molecule has 2 rings (SSSR count). The lowest BCUT2D eigenvalue weighted by Crippen LogP contribution is -2.20. The number of hydrogen-bond acceptors (Lipinski definition) is 1. The Balaban J connectivity index is 1.87. The molecule has 1 atom stereocenters. The molecule has 0 aliphatic heterocycles. The monoisotopic (exact) mass is 262 g/mol. The molecule has 100 valence electrons. The second-order valence-corrected chi connectivity index (χ2v) is 5.33. The minimum absolute atomic E-state index is 0.400. The van der Waals surface area contributed by atoms with Crippen molar-refractivity contribution in [2.24, 2.45) is 0 Å². The van der Waals surface area contributed by atoms with Crippen molar-refractivity contribution in [2.75, 3.05) is 6.61 Å². The van der Waals surface area contributed by atoms with Crippen LogP contribution in [0.2, 0.25) is 6.32 Å². The summed E-state index contributed by atoms with van der Waals surface area (Å²) in [5.74, 6) is 0.400. The average molecular weight is 262 g/mol. The highest BCUT2D eigenvalue weighted by Crippen LogP contribution is 2.17. The van der Waals surface area contributed by atoms with Gasteiger partial charge in [-0.2, -0.15) is 0 Å².